The third-order valence-corrected chi connectivity index (χ3v) is 4.27. The van der Waals surface area contributed by atoms with Crippen molar-refractivity contribution in [1.82, 2.24) is 0 Å². The molecule has 1 aromatic carbocycles. The van der Waals surface area contributed by atoms with E-state index >= 15 is 0 Å². The quantitative estimate of drug-likeness (QED) is 0.860. The second-order valence-corrected chi connectivity index (χ2v) is 5.76. The topological polar surface area (TPSA) is 62.1 Å². The van der Waals surface area contributed by atoms with E-state index in [9.17, 15) is 4.79 Å². The van der Waals surface area contributed by atoms with Crippen molar-refractivity contribution in [3.05, 3.63) is 41.3 Å². The van der Waals surface area contributed by atoms with Gasteiger partial charge in [0.05, 0.1) is 18.4 Å². The van der Waals surface area contributed by atoms with Gasteiger partial charge in [0.15, 0.2) is 0 Å². The molecule has 0 atom stereocenters. The summed E-state index contributed by atoms with van der Waals surface area (Å²) < 4.78 is 5.13. The van der Waals surface area contributed by atoms with Crippen LogP contribution in [0.25, 0.3) is 0 Å². The Labute approximate surface area is 125 Å². The van der Waals surface area contributed by atoms with Gasteiger partial charge in [-0.1, -0.05) is 6.07 Å². The molecule has 6 heteroatoms. The number of nitrogens with one attached hydrogen (secondary N) is 1. The molecule has 0 fully saturated rings. The van der Waals surface area contributed by atoms with Crippen LogP contribution in [0.3, 0.4) is 0 Å². The van der Waals surface area contributed by atoms with Gasteiger partial charge in [0.25, 0.3) is 0 Å². The number of methoxy groups -OCH3 is 1. The highest BCUT2D eigenvalue weighted by Gasteiger charge is 2.08. The van der Waals surface area contributed by atoms with Crippen molar-refractivity contribution in [2.75, 3.05) is 18.2 Å². The summed E-state index contributed by atoms with van der Waals surface area (Å²) in [7, 11) is 1.61. The molecule has 0 aliphatic rings. The standard InChI is InChI=1S/C14H12N2O2S2/c1-18-11-3-2-4-12(7-11)20-9-13(17)16-14-10(8-15)5-6-19-14/h2-7H,9H2,1H3,(H,16,17). The minimum Gasteiger partial charge on any atom is -0.497 e. The first-order chi connectivity index (χ1) is 9.72. The Hall–Kier alpha value is -1.97. The van der Waals surface area contributed by atoms with E-state index in [0.717, 1.165) is 10.6 Å². The predicted octanol–water partition coefficient (Wildman–Crippen LogP) is 3.36. The summed E-state index contributed by atoms with van der Waals surface area (Å²) in [6, 6.07) is 11.3. The molecule has 0 aliphatic heterocycles. The van der Waals surface area contributed by atoms with Crippen LogP contribution in [0.1, 0.15) is 5.56 Å². The zero-order valence-corrected chi connectivity index (χ0v) is 12.4. The number of ether oxygens (including phenoxy) is 1. The van der Waals surface area contributed by atoms with Crippen LogP contribution in [0.2, 0.25) is 0 Å². The van der Waals surface area contributed by atoms with Crippen molar-refractivity contribution in [3.63, 3.8) is 0 Å². The van der Waals surface area contributed by atoms with Crippen LogP contribution in [-0.4, -0.2) is 18.8 Å². The highest BCUT2D eigenvalue weighted by molar-refractivity contribution is 8.00. The van der Waals surface area contributed by atoms with Gasteiger partial charge in [-0.2, -0.15) is 5.26 Å². The molecule has 0 bridgehead atoms. The van der Waals surface area contributed by atoms with Crippen molar-refractivity contribution < 1.29 is 9.53 Å². The Kier molecular flexibility index (Phi) is 5.04. The van der Waals surface area contributed by atoms with Crippen LogP contribution in [-0.2, 0) is 4.79 Å². The fourth-order valence-electron chi connectivity index (χ4n) is 1.50. The zero-order valence-electron chi connectivity index (χ0n) is 10.8. The van der Waals surface area contributed by atoms with Crippen molar-refractivity contribution in [2.24, 2.45) is 0 Å². The molecule has 1 N–H and O–H groups in total. The van der Waals surface area contributed by atoms with Crippen LogP contribution in [0, 0.1) is 11.3 Å². The number of thioether (sulfide) groups is 1. The SMILES string of the molecule is COc1cccc(SCC(=O)Nc2sccc2C#N)c1. The molecule has 20 heavy (non-hydrogen) atoms. The van der Waals surface area contributed by atoms with Gasteiger partial charge in [0, 0.05) is 4.90 Å². The van der Waals surface area contributed by atoms with E-state index in [-0.39, 0.29) is 11.7 Å². The number of thiophene rings is 1. The minimum atomic E-state index is -0.128. The molecule has 1 amide bonds. The maximum absolute atomic E-state index is 11.8. The maximum atomic E-state index is 11.8. The molecule has 0 saturated carbocycles. The summed E-state index contributed by atoms with van der Waals surface area (Å²) >= 11 is 2.77. The second kappa shape index (κ2) is 6.98. The Morgan fingerprint density at radius 3 is 3.10 bits per heavy atom. The van der Waals surface area contributed by atoms with Gasteiger partial charge in [0.2, 0.25) is 5.91 Å². The van der Waals surface area contributed by atoms with E-state index in [1.165, 1.54) is 23.1 Å². The minimum absolute atomic E-state index is 0.128. The monoisotopic (exact) mass is 304 g/mol. The fraction of sp³-hybridized carbons (Fsp3) is 0.143. The van der Waals surface area contributed by atoms with Crippen molar-refractivity contribution >= 4 is 34.0 Å². The lowest BCUT2D eigenvalue weighted by atomic mass is 10.3. The molecular weight excluding hydrogens is 292 g/mol. The number of nitrogens with zero attached hydrogens (tertiary/aromatic N) is 1. The van der Waals surface area contributed by atoms with Crippen LogP contribution in [0.5, 0.6) is 5.75 Å². The first-order valence-electron chi connectivity index (χ1n) is 5.77. The van der Waals surface area contributed by atoms with Gasteiger partial charge in [-0.25, -0.2) is 0 Å². The summed E-state index contributed by atoms with van der Waals surface area (Å²) in [5.41, 5.74) is 0.495. The smallest absolute Gasteiger partial charge is 0.235 e. The third kappa shape index (κ3) is 3.76. The number of amides is 1. The summed E-state index contributed by atoms with van der Waals surface area (Å²) in [4.78, 5) is 12.8. The van der Waals surface area contributed by atoms with Crippen LogP contribution >= 0.6 is 23.1 Å². The molecule has 4 nitrogen and oxygen atoms in total. The number of benzene rings is 1. The van der Waals surface area contributed by atoms with E-state index in [1.807, 2.05) is 30.3 Å². The number of anilines is 1. The molecule has 0 saturated heterocycles. The molecular formula is C14H12N2O2S2. The van der Waals surface area contributed by atoms with Crippen molar-refractivity contribution in [1.29, 1.82) is 5.26 Å². The first-order valence-corrected chi connectivity index (χ1v) is 7.63. The van der Waals surface area contributed by atoms with E-state index in [0.29, 0.717) is 10.6 Å². The van der Waals surface area contributed by atoms with Crippen LogP contribution in [0.15, 0.2) is 40.6 Å². The summed E-state index contributed by atoms with van der Waals surface area (Å²) in [6.07, 6.45) is 0. The Morgan fingerprint density at radius 2 is 2.35 bits per heavy atom. The van der Waals surface area contributed by atoms with Crippen LogP contribution in [0.4, 0.5) is 5.00 Å². The van der Waals surface area contributed by atoms with Gasteiger partial charge >= 0.3 is 0 Å². The van der Waals surface area contributed by atoms with Crippen LogP contribution < -0.4 is 10.1 Å². The van der Waals surface area contributed by atoms with Crippen molar-refractivity contribution in [3.8, 4) is 11.8 Å². The summed E-state index contributed by atoms with van der Waals surface area (Å²) in [5.74, 6) is 0.924. The van der Waals surface area contributed by atoms with E-state index in [2.05, 4.69) is 5.32 Å². The molecule has 0 radical (unpaired) electrons. The molecule has 1 aromatic heterocycles. The average Bonchev–Trinajstić information content (AvgIpc) is 2.92. The molecule has 0 aliphatic carbocycles. The Balaban J connectivity index is 1.91. The highest BCUT2D eigenvalue weighted by Crippen LogP contribution is 2.25. The van der Waals surface area contributed by atoms with Gasteiger partial charge in [-0.05, 0) is 29.6 Å². The van der Waals surface area contributed by atoms with Crippen molar-refractivity contribution in [2.45, 2.75) is 4.90 Å². The lowest BCUT2D eigenvalue weighted by Gasteiger charge is -2.05. The number of rotatable bonds is 5. The molecule has 1 heterocycles. The third-order valence-electron chi connectivity index (χ3n) is 2.45. The Bertz CT molecular complexity index is 647. The lowest BCUT2D eigenvalue weighted by Crippen LogP contribution is -2.13. The van der Waals surface area contributed by atoms with E-state index in [4.69, 9.17) is 10.00 Å². The fourth-order valence-corrected chi connectivity index (χ4v) is 2.99. The average molecular weight is 304 g/mol. The van der Waals surface area contributed by atoms with Gasteiger partial charge in [0.1, 0.15) is 16.8 Å². The zero-order chi connectivity index (χ0) is 14.4. The maximum Gasteiger partial charge on any atom is 0.235 e. The highest BCUT2D eigenvalue weighted by atomic mass is 32.2. The number of hydrogen-bond acceptors (Lipinski definition) is 5. The van der Waals surface area contributed by atoms with Gasteiger partial charge in [-0.3, -0.25) is 4.79 Å². The summed E-state index contributed by atoms with van der Waals surface area (Å²) in [5, 5.41) is 14.0. The van der Waals surface area contributed by atoms with Gasteiger partial charge < -0.3 is 10.1 Å². The predicted molar refractivity (Wildman–Crippen MR) is 81.4 cm³/mol. The molecule has 2 aromatic rings. The largest absolute Gasteiger partial charge is 0.497 e. The molecule has 0 unspecified atom stereocenters. The number of carbonyl (C=O) groups is 1. The number of hydrogen-bond donors (Lipinski definition) is 1. The molecule has 0 spiro atoms. The normalized spacial score (nSPS) is 9.80. The molecule has 102 valence electrons. The van der Waals surface area contributed by atoms with E-state index < -0.39 is 0 Å². The lowest BCUT2D eigenvalue weighted by molar-refractivity contribution is -0.113. The first kappa shape index (κ1) is 14.4. The number of nitriles is 1. The number of carbonyl (C=O) groups excluding carboxylic acids is 1. The van der Waals surface area contributed by atoms with E-state index in [1.54, 1.807) is 18.6 Å². The second-order valence-electron chi connectivity index (χ2n) is 3.79. The Morgan fingerprint density at radius 1 is 1.50 bits per heavy atom. The molecule has 2 rings (SSSR count). The van der Waals surface area contributed by atoms with Gasteiger partial charge in [-0.15, -0.1) is 23.1 Å². The summed E-state index contributed by atoms with van der Waals surface area (Å²) in [6.45, 7) is 0.